The highest BCUT2D eigenvalue weighted by Gasteiger charge is 2.46. The number of carboxylic acids is 2. The van der Waals surface area contributed by atoms with Crippen LogP contribution in [0.4, 0.5) is 26.3 Å². The Morgan fingerprint density at radius 3 is 2.18 bits per heavy atom. The van der Waals surface area contributed by atoms with E-state index in [2.05, 4.69) is 32.0 Å². The van der Waals surface area contributed by atoms with Gasteiger partial charge in [-0.05, 0) is 34.5 Å². The van der Waals surface area contributed by atoms with E-state index in [1.54, 1.807) is 17.5 Å². The highest BCUT2D eigenvalue weighted by Crippen LogP contribution is 2.34. The van der Waals surface area contributed by atoms with Crippen LogP contribution in [0, 0.1) is 11.8 Å². The van der Waals surface area contributed by atoms with Crippen molar-refractivity contribution in [1.82, 2.24) is 15.2 Å². The van der Waals surface area contributed by atoms with E-state index in [0.29, 0.717) is 19.1 Å². The molecule has 2 aliphatic heterocycles. The molecule has 2 aromatic heterocycles. The number of aromatic nitrogens is 1. The monoisotopic (exact) mass is 571 g/mol. The van der Waals surface area contributed by atoms with Gasteiger partial charge in [-0.1, -0.05) is 6.07 Å². The number of carboxylic acid groups (broad SMARTS) is 2. The smallest absolute Gasteiger partial charge is 0.475 e. The van der Waals surface area contributed by atoms with Crippen molar-refractivity contribution in [3.8, 4) is 0 Å². The molecule has 16 heteroatoms. The fraction of sp³-hybridized carbons (Fsp3) is 0.455. The fourth-order valence-corrected chi connectivity index (χ4v) is 4.30. The maximum atomic E-state index is 12.5. The first-order valence-electron chi connectivity index (χ1n) is 10.8. The molecule has 0 unspecified atom stereocenters. The number of nitrogens with zero attached hydrogens (tertiary/aromatic N) is 2. The molecule has 2 saturated heterocycles. The molecule has 0 radical (unpaired) electrons. The Morgan fingerprint density at radius 2 is 1.68 bits per heavy atom. The zero-order chi connectivity index (χ0) is 28.5. The zero-order valence-electron chi connectivity index (χ0n) is 19.4. The first kappa shape index (κ1) is 31.0. The molecule has 0 aromatic carbocycles. The Morgan fingerprint density at radius 1 is 1.05 bits per heavy atom. The normalized spacial score (nSPS) is 20.8. The van der Waals surface area contributed by atoms with Crippen molar-refractivity contribution in [2.45, 2.75) is 31.5 Å². The molecule has 2 aliphatic rings. The first-order chi connectivity index (χ1) is 17.7. The number of alkyl halides is 6. The van der Waals surface area contributed by atoms with Crippen molar-refractivity contribution in [2.24, 2.45) is 11.8 Å². The molecule has 9 nitrogen and oxygen atoms in total. The number of carbonyl (C=O) groups is 3. The van der Waals surface area contributed by atoms with Crippen LogP contribution in [0.1, 0.15) is 11.3 Å². The van der Waals surface area contributed by atoms with Crippen LogP contribution in [0.3, 0.4) is 0 Å². The number of hydrogen-bond donors (Lipinski definition) is 3. The summed E-state index contributed by atoms with van der Waals surface area (Å²) in [5.74, 6) is -5.18. The SMILES string of the molecule is O=C(NCc1ccccn1)[C@H]1CO[C@@H]2CN(Cc3ccsc3)C[C@H]12.O=C(O)C(F)(F)F.O=C(O)C(F)(F)F. The number of nitrogens with one attached hydrogen (secondary N) is 1. The van der Waals surface area contributed by atoms with Gasteiger partial charge in [0.05, 0.1) is 30.9 Å². The lowest BCUT2D eigenvalue weighted by Crippen LogP contribution is -2.36. The number of hydrogen-bond acceptors (Lipinski definition) is 7. The standard InChI is InChI=1S/C18H21N3O2S.2C2HF3O2/c22-18(20-7-14-3-1-2-5-19-14)16-11-23-17-10-21(9-15(16)17)8-13-4-6-24-12-13;2*3-2(4,5)1(6)7/h1-6,12,15-17H,7-11H2,(H,20,22);2*(H,6,7)/t15-,16+,17-;;/m1../s1. The van der Waals surface area contributed by atoms with Crippen LogP contribution in [-0.4, -0.2) is 76.1 Å². The summed E-state index contributed by atoms with van der Waals surface area (Å²) in [6.45, 7) is 3.82. The number of fused-ring (bicyclic) bond motifs is 1. The predicted octanol–water partition coefficient (Wildman–Crippen LogP) is 3.17. The van der Waals surface area contributed by atoms with Crippen LogP contribution < -0.4 is 5.32 Å². The van der Waals surface area contributed by atoms with E-state index in [4.69, 9.17) is 24.5 Å². The van der Waals surface area contributed by atoms with Gasteiger partial charge in [0.25, 0.3) is 0 Å². The summed E-state index contributed by atoms with van der Waals surface area (Å²) in [5.41, 5.74) is 2.22. The van der Waals surface area contributed by atoms with Crippen LogP contribution >= 0.6 is 11.3 Å². The van der Waals surface area contributed by atoms with Crippen LogP contribution in [-0.2, 0) is 32.2 Å². The minimum Gasteiger partial charge on any atom is -0.475 e. The number of rotatable bonds is 5. The van der Waals surface area contributed by atoms with E-state index in [9.17, 15) is 31.1 Å². The Labute approximate surface area is 216 Å². The Bertz CT molecular complexity index is 1030. The van der Waals surface area contributed by atoms with Crippen molar-refractivity contribution in [3.63, 3.8) is 0 Å². The Balaban J connectivity index is 0.000000301. The second-order valence-electron chi connectivity index (χ2n) is 8.11. The van der Waals surface area contributed by atoms with E-state index in [1.807, 2.05) is 18.2 Å². The molecule has 4 heterocycles. The number of thiophene rings is 1. The van der Waals surface area contributed by atoms with Gasteiger partial charge in [0.1, 0.15) is 0 Å². The van der Waals surface area contributed by atoms with Gasteiger partial charge in [-0.2, -0.15) is 37.7 Å². The molecule has 210 valence electrons. The molecule has 0 bridgehead atoms. The quantitative estimate of drug-likeness (QED) is 0.467. The maximum absolute atomic E-state index is 12.5. The second-order valence-corrected chi connectivity index (χ2v) is 8.89. The third kappa shape index (κ3) is 9.90. The van der Waals surface area contributed by atoms with Gasteiger partial charge in [-0.3, -0.25) is 14.7 Å². The van der Waals surface area contributed by atoms with Crippen molar-refractivity contribution in [1.29, 1.82) is 0 Å². The summed E-state index contributed by atoms with van der Waals surface area (Å²) >= 11 is 1.73. The summed E-state index contributed by atoms with van der Waals surface area (Å²) in [4.78, 5) is 37.0. The molecular formula is C22H23F6N3O6S. The first-order valence-corrected chi connectivity index (χ1v) is 11.8. The topological polar surface area (TPSA) is 129 Å². The summed E-state index contributed by atoms with van der Waals surface area (Å²) in [6, 6.07) is 7.90. The molecule has 3 N–H and O–H groups in total. The summed E-state index contributed by atoms with van der Waals surface area (Å²) in [5, 5.41) is 21.6. The number of amides is 1. The molecule has 0 spiro atoms. The summed E-state index contributed by atoms with van der Waals surface area (Å²) in [6.07, 6.45) is -8.23. The van der Waals surface area contributed by atoms with Gasteiger partial charge in [-0.15, -0.1) is 0 Å². The van der Waals surface area contributed by atoms with E-state index in [-0.39, 0.29) is 17.9 Å². The van der Waals surface area contributed by atoms with Crippen molar-refractivity contribution >= 4 is 29.2 Å². The van der Waals surface area contributed by atoms with Gasteiger partial charge < -0.3 is 20.3 Å². The molecule has 1 amide bonds. The van der Waals surface area contributed by atoms with Gasteiger partial charge in [0.15, 0.2) is 0 Å². The average molecular weight is 571 g/mol. The molecule has 3 atom stereocenters. The van der Waals surface area contributed by atoms with Crippen LogP contribution in [0.2, 0.25) is 0 Å². The number of likely N-dealkylation sites (tertiary alicyclic amines) is 1. The third-order valence-electron chi connectivity index (χ3n) is 5.37. The highest BCUT2D eigenvalue weighted by molar-refractivity contribution is 7.07. The lowest BCUT2D eigenvalue weighted by atomic mass is 9.92. The number of aliphatic carboxylic acids is 2. The van der Waals surface area contributed by atoms with Crippen molar-refractivity contribution in [3.05, 3.63) is 52.5 Å². The summed E-state index contributed by atoms with van der Waals surface area (Å²) < 4.78 is 69.4. The van der Waals surface area contributed by atoms with Crippen LogP contribution in [0.15, 0.2) is 41.2 Å². The lowest BCUT2D eigenvalue weighted by molar-refractivity contribution is -0.193. The minimum atomic E-state index is -5.08. The molecule has 2 aromatic rings. The van der Waals surface area contributed by atoms with Gasteiger partial charge in [0, 0.05) is 31.7 Å². The largest absolute Gasteiger partial charge is 0.490 e. The zero-order valence-corrected chi connectivity index (χ0v) is 20.2. The molecular weight excluding hydrogens is 548 g/mol. The van der Waals surface area contributed by atoms with E-state index < -0.39 is 24.3 Å². The van der Waals surface area contributed by atoms with E-state index in [0.717, 1.165) is 25.3 Å². The Kier molecular flexibility index (Phi) is 11.0. The molecule has 0 aliphatic carbocycles. The maximum Gasteiger partial charge on any atom is 0.490 e. The number of carbonyl (C=O) groups excluding carboxylic acids is 1. The number of pyridine rings is 1. The van der Waals surface area contributed by atoms with E-state index in [1.165, 1.54) is 5.56 Å². The summed E-state index contributed by atoms with van der Waals surface area (Å²) in [7, 11) is 0. The van der Waals surface area contributed by atoms with Crippen LogP contribution in [0.25, 0.3) is 0 Å². The predicted molar refractivity (Wildman–Crippen MR) is 120 cm³/mol. The van der Waals surface area contributed by atoms with E-state index >= 15 is 0 Å². The van der Waals surface area contributed by atoms with Crippen molar-refractivity contribution < 1.29 is 55.7 Å². The third-order valence-corrected chi connectivity index (χ3v) is 6.10. The number of halogens is 6. The highest BCUT2D eigenvalue weighted by atomic mass is 32.1. The minimum absolute atomic E-state index is 0.0498. The lowest BCUT2D eigenvalue weighted by Gasteiger charge is -2.19. The van der Waals surface area contributed by atoms with Crippen molar-refractivity contribution in [2.75, 3.05) is 19.7 Å². The second kappa shape index (κ2) is 13.5. The van der Waals surface area contributed by atoms with Gasteiger partial charge >= 0.3 is 24.3 Å². The van der Waals surface area contributed by atoms with Crippen LogP contribution in [0.5, 0.6) is 0 Å². The average Bonchev–Trinajstić information content (AvgIpc) is 3.56. The molecule has 4 rings (SSSR count). The fourth-order valence-electron chi connectivity index (χ4n) is 3.65. The number of ether oxygens (including phenoxy) is 1. The van der Waals surface area contributed by atoms with Gasteiger partial charge in [0.2, 0.25) is 5.91 Å². The molecule has 0 saturated carbocycles. The van der Waals surface area contributed by atoms with Gasteiger partial charge in [-0.25, -0.2) is 9.59 Å². The Hall–Kier alpha value is -3.24. The molecule has 2 fully saturated rings. The molecule has 38 heavy (non-hydrogen) atoms.